The first kappa shape index (κ1) is 12.3. The molecule has 0 bridgehead atoms. The van der Waals surface area contributed by atoms with Crippen LogP contribution in [0, 0.1) is 12.7 Å². The van der Waals surface area contributed by atoms with Gasteiger partial charge in [0.1, 0.15) is 5.82 Å². The van der Waals surface area contributed by atoms with Crippen molar-refractivity contribution in [3.63, 3.8) is 0 Å². The smallest absolute Gasteiger partial charge is 0.123 e. The van der Waals surface area contributed by atoms with Crippen LogP contribution in [0.15, 0.2) is 18.2 Å². The second kappa shape index (κ2) is 4.83. The minimum absolute atomic E-state index is 0.199. The average molecular weight is 204 g/mol. The molecule has 0 aliphatic carbocycles. The topological polar surface area (TPSA) is 0 Å². The van der Waals surface area contributed by atoms with Crippen molar-refractivity contribution in [1.29, 1.82) is 0 Å². The summed E-state index contributed by atoms with van der Waals surface area (Å²) in [6.45, 7) is 6.15. The molecule has 2 heteroatoms. The van der Waals surface area contributed by atoms with Crippen LogP contribution in [0.4, 0.5) is 4.39 Å². The first-order chi connectivity index (χ1) is 7.03. The van der Waals surface area contributed by atoms with Crippen LogP contribution in [-0.4, -0.2) is 7.85 Å². The maximum absolute atomic E-state index is 13.2. The Bertz CT molecular complexity index is 335. The Hall–Kier alpha value is -0.785. The fourth-order valence-corrected chi connectivity index (χ4v) is 2.08. The van der Waals surface area contributed by atoms with E-state index in [4.69, 9.17) is 7.85 Å². The van der Waals surface area contributed by atoms with Gasteiger partial charge in [0.2, 0.25) is 0 Å². The van der Waals surface area contributed by atoms with E-state index in [9.17, 15) is 4.39 Å². The van der Waals surface area contributed by atoms with Gasteiger partial charge in [-0.2, -0.15) is 0 Å². The highest BCUT2D eigenvalue weighted by Gasteiger charge is 2.24. The minimum Gasteiger partial charge on any atom is -0.207 e. The van der Waals surface area contributed by atoms with Crippen LogP contribution in [0.2, 0.25) is 0 Å². The Kier molecular flexibility index (Phi) is 3.95. The zero-order valence-corrected chi connectivity index (χ0v) is 9.81. The van der Waals surface area contributed by atoms with E-state index in [-0.39, 0.29) is 11.1 Å². The zero-order valence-electron chi connectivity index (χ0n) is 9.81. The lowest BCUT2D eigenvalue weighted by Gasteiger charge is -2.31. The van der Waals surface area contributed by atoms with Crippen molar-refractivity contribution in [2.24, 2.45) is 0 Å². The van der Waals surface area contributed by atoms with E-state index in [0.29, 0.717) is 0 Å². The van der Waals surface area contributed by atoms with Crippen LogP contribution in [0.1, 0.15) is 44.2 Å². The quantitative estimate of drug-likeness (QED) is 0.656. The molecule has 0 saturated carbocycles. The van der Waals surface area contributed by atoms with Gasteiger partial charge in [0.05, 0.1) is 7.85 Å². The van der Waals surface area contributed by atoms with Gasteiger partial charge in [0.25, 0.3) is 0 Å². The second-order valence-electron chi connectivity index (χ2n) is 4.22. The van der Waals surface area contributed by atoms with Crippen molar-refractivity contribution in [3.05, 3.63) is 35.1 Å². The first-order valence-electron chi connectivity index (χ1n) is 5.59. The molecule has 0 aliphatic rings. The number of benzene rings is 1. The molecule has 0 nitrogen and oxygen atoms in total. The summed E-state index contributed by atoms with van der Waals surface area (Å²) >= 11 is 0. The molecule has 0 fully saturated rings. The molecule has 0 aliphatic heterocycles. The van der Waals surface area contributed by atoms with Crippen molar-refractivity contribution in [2.75, 3.05) is 0 Å². The average Bonchev–Trinajstić information content (AvgIpc) is 2.22. The predicted octanol–water partition coefficient (Wildman–Crippen LogP) is 3.71. The zero-order chi connectivity index (χ0) is 11.5. The molecule has 1 unspecified atom stereocenters. The Balaban J connectivity index is 3.16. The highest BCUT2D eigenvalue weighted by molar-refractivity contribution is 6.16. The van der Waals surface area contributed by atoms with Gasteiger partial charge in [0.15, 0.2) is 0 Å². The third-order valence-electron chi connectivity index (χ3n) is 3.06. The van der Waals surface area contributed by atoms with Gasteiger partial charge < -0.3 is 0 Å². The van der Waals surface area contributed by atoms with E-state index in [1.165, 1.54) is 6.07 Å². The van der Waals surface area contributed by atoms with Gasteiger partial charge in [-0.1, -0.05) is 39.2 Å². The van der Waals surface area contributed by atoms with Crippen LogP contribution in [0.5, 0.6) is 0 Å². The molecule has 2 radical (unpaired) electrons. The van der Waals surface area contributed by atoms with E-state index in [1.54, 1.807) is 12.1 Å². The van der Waals surface area contributed by atoms with E-state index >= 15 is 0 Å². The van der Waals surface area contributed by atoms with Gasteiger partial charge in [-0.05, 0) is 35.5 Å². The first-order valence-corrected chi connectivity index (χ1v) is 5.59. The van der Waals surface area contributed by atoms with Crippen LogP contribution < -0.4 is 0 Å². The summed E-state index contributed by atoms with van der Waals surface area (Å²) in [6.07, 6.45) is 2.75. The van der Waals surface area contributed by atoms with Crippen molar-refractivity contribution < 1.29 is 4.39 Å². The number of halogens is 1. The van der Waals surface area contributed by atoms with E-state index in [1.807, 2.05) is 6.92 Å². The van der Waals surface area contributed by atoms with E-state index in [0.717, 1.165) is 30.4 Å². The molecule has 0 aromatic heterocycles. The van der Waals surface area contributed by atoms with Gasteiger partial charge in [-0.3, -0.25) is 0 Å². The van der Waals surface area contributed by atoms with Gasteiger partial charge in [0, 0.05) is 0 Å². The molecular weight excluding hydrogens is 186 g/mol. The maximum atomic E-state index is 13.2. The summed E-state index contributed by atoms with van der Waals surface area (Å²) < 4.78 is 13.2. The summed E-state index contributed by atoms with van der Waals surface area (Å²) in [5.74, 6) is -0.199. The van der Waals surface area contributed by atoms with Crippen molar-refractivity contribution in [3.8, 4) is 0 Å². The fraction of sp³-hybridized carbons (Fsp3) is 0.538. The Morgan fingerprint density at radius 1 is 1.33 bits per heavy atom. The van der Waals surface area contributed by atoms with Crippen LogP contribution in [0.25, 0.3) is 0 Å². The summed E-state index contributed by atoms with van der Waals surface area (Å²) in [6, 6.07) is 4.87. The molecule has 0 N–H and O–H groups in total. The summed E-state index contributed by atoms with van der Waals surface area (Å²) in [5, 5.41) is -0.374. The molecule has 80 valence electrons. The largest absolute Gasteiger partial charge is 0.207 e. The maximum Gasteiger partial charge on any atom is 0.123 e. The van der Waals surface area contributed by atoms with Crippen molar-refractivity contribution in [1.82, 2.24) is 0 Å². The molecule has 0 amide bonds. The highest BCUT2D eigenvalue weighted by atomic mass is 19.1. The van der Waals surface area contributed by atoms with Crippen molar-refractivity contribution >= 4 is 7.85 Å². The minimum atomic E-state index is -0.374. The standard InChI is InChI=1S/C13H18BF/c1-4-8-13(14,5-2)12-9-11(15)7-6-10(12)3/h6-7,9H,4-5,8H2,1-3H3. The molecular formula is C13H18BF. The highest BCUT2D eigenvalue weighted by Crippen LogP contribution is 2.32. The Labute approximate surface area is 93.3 Å². The molecule has 15 heavy (non-hydrogen) atoms. The third kappa shape index (κ3) is 2.61. The molecule has 1 rings (SSSR count). The molecule has 1 aromatic carbocycles. The molecule has 0 spiro atoms. The SMILES string of the molecule is [B]C(CC)(CCC)c1cc(F)ccc1C. The summed E-state index contributed by atoms with van der Waals surface area (Å²) in [5.41, 5.74) is 2.03. The van der Waals surface area contributed by atoms with Gasteiger partial charge in [-0.25, -0.2) is 4.39 Å². The lowest BCUT2D eigenvalue weighted by atomic mass is 9.59. The summed E-state index contributed by atoms with van der Waals surface area (Å²) in [4.78, 5) is 0. The van der Waals surface area contributed by atoms with E-state index in [2.05, 4.69) is 13.8 Å². The second-order valence-corrected chi connectivity index (χ2v) is 4.22. The molecule has 0 heterocycles. The molecule has 1 atom stereocenters. The third-order valence-corrected chi connectivity index (χ3v) is 3.06. The van der Waals surface area contributed by atoms with Crippen molar-refractivity contribution in [2.45, 2.75) is 45.3 Å². The van der Waals surface area contributed by atoms with Gasteiger partial charge >= 0.3 is 0 Å². The van der Waals surface area contributed by atoms with E-state index < -0.39 is 0 Å². The predicted molar refractivity (Wildman–Crippen MR) is 63.8 cm³/mol. The number of hydrogen-bond acceptors (Lipinski definition) is 0. The monoisotopic (exact) mass is 204 g/mol. The lowest BCUT2D eigenvalue weighted by Crippen LogP contribution is -2.26. The summed E-state index contributed by atoms with van der Waals surface area (Å²) in [7, 11) is 6.33. The Morgan fingerprint density at radius 3 is 2.53 bits per heavy atom. The number of rotatable bonds is 4. The van der Waals surface area contributed by atoms with Crippen LogP contribution >= 0.6 is 0 Å². The molecule has 0 saturated heterocycles. The van der Waals surface area contributed by atoms with Crippen LogP contribution in [-0.2, 0) is 5.31 Å². The Morgan fingerprint density at radius 2 is 2.00 bits per heavy atom. The fourth-order valence-electron chi connectivity index (χ4n) is 2.08. The lowest BCUT2D eigenvalue weighted by molar-refractivity contribution is 0.519. The normalized spacial score (nSPS) is 14.9. The molecule has 1 aromatic rings. The number of hydrogen-bond donors (Lipinski definition) is 0. The number of aryl methyl sites for hydroxylation is 1. The van der Waals surface area contributed by atoms with Gasteiger partial charge in [-0.15, -0.1) is 0 Å². The van der Waals surface area contributed by atoms with Crippen LogP contribution in [0.3, 0.4) is 0 Å².